The van der Waals surface area contributed by atoms with Crippen molar-refractivity contribution in [1.29, 1.82) is 0 Å². The summed E-state index contributed by atoms with van der Waals surface area (Å²) < 4.78 is 0. The van der Waals surface area contributed by atoms with E-state index in [1.165, 1.54) is 6.42 Å². The molecule has 0 radical (unpaired) electrons. The van der Waals surface area contributed by atoms with E-state index in [9.17, 15) is 4.79 Å². The molecule has 3 aromatic heterocycles. The second kappa shape index (κ2) is 7.80. The molecule has 0 spiro atoms. The van der Waals surface area contributed by atoms with Crippen molar-refractivity contribution in [3.8, 4) is 11.1 Å². The summed E-state index contributed by atoms with van der Waals surface area (Å²) in [6, 6.07) is 7.97. The maximum absolute atomic E-state index is 12.8. The molecular formula is C21H23N5O. The number of likely N-dealkylation sites (N-methyl/N-ethyl adjacent to an activating group) is 1. The van der Waals surface area contributed by atoms with E-state index in [4.69, 9.17) is 0 Å². The molecule has 0 aliphatic carbocycles. The Balaban J connectivity index is 1.63. The molecular weight excluding hydrogens is 338 g/mol. The third-order valence-electron chi connectivity index (χ3n) is 5.24. The lowest BCUT2D eigenvalue weighted by molar-refractivity contribution is 0.0937. The first-order valence-corrected chi connectivity index (χ1v) is 9.43. The highest BCUT2D eigenvalue weighted by atomic mass is 16.1. The number of carbonyl (C=O) groups is 1. The van der Waals surface area contributed by atoms with E-state index >= 15 is 0 Å². The summed E-state index contributed by atoms with van der Waals surface area (Å²) in [5.74, 6) is -0.132. The van der Waals surface area contributed by atoms with Crippen LogP contribution < -0.4 is 5.32 Å². The number of rotatable bonds is 5. The molecule has 4 rings (SSSR count). The number of aromatic nitrogens is 3. The molecule has 4 heterocycles. The first kappa shape index (κ1) is 17.5. The van der Waals surface area contributed by atoms with Crippen molar-refractivity contribution in [1.82, 2.24) is 25.2 Å². The number of fused-ring (bicyclic) bond motifs is 1. The van der Waals surface area contributed by atoms with E-state index in [0.717, 1.165) is 41.5 Å². The number of nitrogens with one attached hydrogen (secondary N) is 1. The Morgan fingerprint density at radius 2 is 2.04 bits per heavy atom. The van der Waals surface area contributed by atoms with Crippen LogP contribution in [0.1, 0.15) is 30.3 Å². The molecule has 6 nitrogen and oxygen atoms in total. The lowest BCUT2D eigenvalue weighted by Crippen LogP contribution is -2.40. The van der Waals surface area contributed by atoms with Gasteiger partial charge in [-0.25, -0.2) is 4.98 Å². The van der Waals surface area contributed by atoms with Crippen LogP contribution in [-0.4, -0.2) is 51.4 Å². The predicted molar refractivity (Wildman–Crippen MR) is 105 cm³/mol. The third kappa shape index (κ3) is 3.66. The van der Waals surface area contributed by atoms with Gasteiger partial charge in [0.2, 0.25) is 0 Å². The second-order valence-corrected chi connectivity index (χ2v) is 6.82. The van der Waals surface area contributed by atoms with Gasteiger partial charge in [0.05, 0.1) is 5.52 Å². The van der Waals surface area contributed by atoms with Crippen LogP contribution in [0.4, 0.5) is 0 Å². The largest absolute Gasteiger partial charge is 0.349 e. The van der Waals surface area contributed by atoms with Gasteiger partial charge in [-0.05, 0) is 61.3 Å². The highest BCUT2D eigenvalue weighted by Gasteiger charge is 2.23. The van der Waals surface area contributed by atoms with Crippen molar-refractivity contribution in [2.75, 3.05) is 19.6 Å². The van der Waals surface area contributed by atoms with Crippen molar-refractivity contribution >= 4 is 16.8 Å². The van der Waals surface area contributed by atoms with Gasteiger partial charge in [0.25, 0.3) is 5.91 Å². The smallest absolute Gasteiger partial charge is 0.269 e. The van der Waals surface area contributed by atoms with Crippen molar-refractivity contribution in [2.24, 2.45) is 0 Å². The zero-order valence-electron chi connectivity index (χ0n) is 15.4. The molecule has 0 bridgehead atoms. The highest BCUT2D eigenvalue weighted by molar-refractivity contribution is 6.00. The summed E-state index contributed by atoms with van der Waals surface area (Å²) >= 11 is 0. The van der Waals surface area contributed by atoms with Crippen molar-refractivity contribution in [2.45, 2.75) is 25.8 Å². The maximum Gasteiger partial charge on any atom is 0.269 e. The van der Waals surface area contributed by atoms with Gasteiger partial charge in [-0.15, -0.1) is 0 Å². The number of nitrogens with zero attached hydrogens (tertiary/aromatic N) is 4. The standard InChI is InChI=1S/C21H23N5O/c1-2-26-11-3-4-16(26)13-24-21(27)20-12-17(15-5-8-22-9-6-15)18-14-23-10-7-19(18)25-20/h5-10,12,14,16H,2-4,11,13H2,1H3,(H,24,27)/t16-/m1/s1. The monoisotopic (exact) mass is 361 g/mol. The van der Waals surface area contributed by atoms with Crippen LogP contribution in [0.3, 0.4) is 0 Å². The summed E-state index contributed by atoms with van der Waals surface area (Å²) in [6.45, 7) is 4.96. The number of hydrogen-bond acceptors (Lipinski definition) is 5. The number of hydrogen-bond donors (Lipinski definition) is 1. The number of likely N-dealkylation sites (tertiary alicyclic amines) is 1. The molecule has 1 N–H and O–H groups in total. The molecule has 0 saturated carbocycles. The molecule has 27 heavy (non-hydrogen) atoms. The van der Waals surface area contributed by atoms with Crippen LogP contribution in [-0.2, 0) is 0 Å². The summed E-state index contributed by atoms with van der Waals surface area (Å²) in [5, 5.41) is 4.00. The first-order chi connectivity index (χ1) is 13.3. The summed E-state index contributed by atoms with van der Waals surface area (Å²) in [4.78, 5) is 28.1. The van der Waals surface area contributed by atoms with Crippen LogP contribution in [0, 0.1) is 0 Å². The Bertz CT molecular complexity index is 944. The van der Waals surface area contributed by atoms with Crippen LogP contribution in [0.2, 0.25) is 0 Å². The van der Waals surface area contributed by atoms with Crippen molar-refractivity contribution in [3.05, 3.63) is 54.7 Å². The highest BCUT2D eigenvalue weighted by Crippen LogP contribution is 2.27. The van der Waals surface area contributed by atoms with Crippen LogP contribution >= 0.6 is 0 Å². The minimum absolute atomic E-state index is 0.132. The van der Waals surface area contributed by atoms with Crippen LogP contribution in [0.5, 0.6) is 0 Å². The molecule has 0 aromatic carbocycles. The number of pyridine rings is 3. The lowest BCUT2D eigenvalue weighted by atomic mass is 10.0. The van der Waals surface area contributed by atoms with E-state index in [1.54, 1.807) is 24.8 Å². The molecule has 1 atom stereocenters. The molecule has 6 heteroatoms. The fourth-order valence-electron chi connectivity index (χ4n) is 3.80. The maximum atomic E-state index is 12.8. The molecule has 1 amide bonds. The summed E-state index contributed by atoms with van der Waals surface area (Å²) in [7, 11) is 0. The molecule has 1 saturated heterocycles. The normalized spacial score (nSPS) is 17.3. The molecule has 1 aliphatic rings. The van der Waals surface area contributed by atoms with Crippen LogP contribution in [0.15, 0.2) is 49.1 Å². The molecule has 1 fully saturated rings. The zero-order chi connectivity index (χ0) is 18.6. The Hall–Kier alpha value is -2.86. The number of amides is 1. The minimum atomic E-state index is -0.132. The van der Waals surface area contributed by atoms with Gasteiger partial charge in [0.15, 0.2) is 0 Å². The fraction of sp³-hybridized carbons (Fsp3) is 0.333. The minimum Gasteiger partial charge on any atom is -0.349 e. The Kier molecular flexibility index (Phi) is 5.07. The zero-order valence-corrected chi connectivity index (χ0v) is 15.4. The second-order valence-electron chi connectivity index (χ2n) is 6.82. The molecule has 3 aromatic rings. The molecule has 1 aliphatic heterocycles. The summed E-state index contributed by atoms with van der Waals surface area (Å²) in [6.07, 6.45) is 9.31. The van der Waals surface area contributed by atoms with E-state index in [1.807, 2.05) is 24.3 Å². The SMILES string of the molecule is CCN1CCC[C@@H]1CNC(=O)c1cc(-c2ccncc2)c2cnccc2n1. The quantitative estimate of drug-likeness (QED) is 0.757. The van der Waals surface area contributed by atoms with Crippen LogP contribution in [0.25, 0.3) is 22.0 Å². The van der Waals surface area contributed by atoms with Crippen molar-refractivity contribution in [3.63, 3.8) is 0 Å². The van der Waals surface area contributed by atoms with Gasteiger partial charge < -0.3 is 5.32 Å². The van der Waals surface area contributed by atoms with Gasteiger partial charge in [-0.3, -0.25) is 19.7 Å². The van der Waals surface area contributed by atoms with Gasteiger partial charge in [0.1, 0.15) is 5.69 Å². The van der Waals surface area contributed by atoms with E-state index in [2.05, 4.69) is 32.1 Å². The van der Waals surface area contributed by atoms with Crippen molar-refractivity contribution < 1.29 is 4.79 Å². The van der Waals surface area contributed by atoms with Gasteiger partial charge in [-0.1, -0.05) is 6.92 Å². The van der Waals surface area contributed by atoms with E-state index in [0.29, 0.717) is 18.3 Å². The van der Waals surface area contributed by atoms with Gasteiger partial charge in [0, 0.05) is 42.8 Å². The van der Waals surface area contributed by atoms with Gasteiger partial charge in [-0.2, -0.15) is 0 Å². The number of carbonyl (C=O) groups excluding carboxylic acids is 1. The molecule has 138 valence electrons. The fourth-order valence-corrected chi connectivity index (χ4v) is 3.80. The Morgan fingerprint density at radius 3 is 2.85 bits per heavy atom. The van der Waals surface area contributed by atoms with Gasteiger partial charge >= 0.3 is 0 Å². The Morgan fingerprint density at radius 1 is 1.22 bits per heavy atom. The molecule has 0 unspecified atom stereocenters. The lowest BCUT2D eigenvalue weighted by Gasteiger charge is -2.22. The summed E-state index contributed by atoms with van der Waals surface area (Å²) in [5.41, 5.74) is 3.13. The average molecular weight is 361 g/mol. The first-order valence-electron chi connectivity index (χ1n) is 9.43. The predicted octanol–water partition coefficient (Wildman–Crippen LogP) is 2.91. The topological polar surface area (TPSA) is 71.0 Å². The third-order valence-corrected chi connectivity index (χ3v) is 5.24. The van der Waals surface area contributed by atoms with E-state index < -0.39 is 0 Å². The van der Waals surface area contributed by atoms with E-state index in [-0.39, 0.29) is 5.91 Å². The average Bonchev–Trinajstić information content (AvgIpc) is 3.19. The Labute approximate surface area is 158 Å².